The van der Waals surface area contributed by atoms with E-state index in [2.05, 4.69) is 5.32 Å². The summed E-state index contributed by atoms with van der Waals surface area (Å²) in [4.78, 5) is 21.9. The number of nitrogens with one attached hydrogen (secondary N) is 1. The average Bonchev–Trinajstić information content (AvgIpc) is 2.30. The van der Waals surface area contributed by atoms with E-state index in [0.717, 1.165) is 0 Å². The fourth-order valence-electron chi connectivity index (χ4n) is 1.12. The van der Waals surface area contributed by atoms with Gasteiger partial charge in [-0.3, -0.25) is 14.9 Å². The number of fused-ring (bicyclic) bond motifs is 1. The molecular weight excluding hydrogens is 181 g/mol. The topological polar surface area (TPSA) is 46.2 Å². The normalized spacial score (nSPS) is 13.3. The predicted octanol–water partition coefficient (Wildman–Crippen LogP) is -2.43. The summed E-state index contributed by atoms with van der Waals surface area (Å²) in [6.45, 7) is 0. The Balaban J connectivity index is 0.000000720. The van der Waals surface area contributed by atoms with Gasteiger partial charge in [-0.05, 0) is 12.1 Å². The molecule has 0 unspecified atom stereocenters. The molecule has 0 radical (unpaired) electrons. The van der Waals surface area contributed by atoms with E-state index < -0.39 is 0 Å². The van der Waals surface area contributed by atoms with E-state index >= 15 is 0 Å². The van der Waals surface area contributed by atoms with E-state index in [-0.39, 0.29) is 63.2 Å². The Morgan fingerprint density at radius 3 is 1.75 bits per heavy atom. The van der Waals surface area contributed by atoms with Crippen LogP contribution in [-0.2, 0) is 0 Å². The van der Waals surface area contributed by atoms with Crippen LogP contribution in [0, 0.1) is 0 Å². The molecule has 2 rings (SSSR count). The zero-order chi connectivity index (χ0) is 7.84. The van der Waals surface area contributed by atoms with Gasteiger partial charge in [-0.2, -0.15) is 0 Å². The summed E-state index contributed by atoms with van der Waals surface area (Å²) in [5, 5.41) is 2.20. The van der Waals surface area contributed by atoms with Gasteiger partial charge in [-0.1, -0.05) is 12.1 Å². The van der Waals surface area contributed by atoms with E-state index in [9.17, 15) is 9.59 Å². The third-order valence-electron chi connectivity index (χ3n) is 1.64. The van der Waals surface area contributed by atoms with E-state index in [1.54, 1.807) is 24.3 Å². The van der Waals surface area contributed by atoms with Crippen molar-refractivity contribution in [2.75, 3.05) is 0 Å². The Hall–Kier alpha value is -0.00364. The summed E-state index contributed by atoms with van der Waals surface area (Å²) in [6.07, 6.45) is 0. The number of benzene rings is 1. The van der Waals surface area contributed by atoms with Crippen LogP contribution in [0.3, 0.4) is 0 Å². The summed E-state index contributed by atoms with van der Waals surface area (Å²) in [5.74, 6) is -0.601. The van der Waals surface area contributed by atoms with Crippen LogP contribution in [-0.4, -0.2) is 11.8 Å². The number of hydrogen-bond donors (Lipinski definition) is 1. The van der Waals surface area contributed by atoms with Crippen molar-refractivity contribution in [3.8, 4) is 0 Å². The molecule has 0 aliphatic carbocycles. The molecule has 12 heavy (non-hydrogen) atoms. The Bertz CT molecular complexity index is 316. The van der Waals surface area contributed by atoms with Gasteiger partial charge in [-0.15, -0.1) is 0 Å². The van der Waals surface area contributed by atoms with Gasteiger partial charge in [-0.25, -0.2) is 0 Å². The molecule has 1 aromatic carbocycles. The molecular formula is C8H5KNO2+. The van der Waals surface area contributed by atoms with Crippen LogP contribution in [0.15, 0.2) is 24.3 Å². The van der Waals surface area contributed by atoms with Gasteiger partial charge in [0.2, 0.25) is 0 Å². The first-order valence-electron chi connectivity index (χ1n) is 3.24. The minimum Gasteiger partial charge on any atom is -0.288 e. The molecule has 4 heteroatoms. The first-order valence-corrected chi connectivity index (χ1v) is 3.24. The van der Waals surface area contributed by atoms with Gasteiger partial charge >= 0.3 is 51.4 Å². The quantitative estimate of drug-likeness (QED) is 0.362. The fourth-order valence-corrected chi connectivity index (χ4v) is 1.12. The summed E-state index contributed by atoms with van der Waals surface area (Å²) in [5.41, 5.74) is 0.940. The minimum atomic E-state index is -0.300. The monoisotopic (exact) mass is 186 g/mol. The fraction of sp³-hybridized carbons (Fsp3) is 0. The molecule has 0 spiro atoms. The third-order valence-corrected chi connectivity index (χ3v) is 1.64. The largest absolute Gasteiger partial charge is 1.00 e. The maximum atomic E-state index is 10.9. The van der Waals surface area contributed by atoms with Crippen LogP contribution in [0.2, 0.25) is 0 Å². The molecule has 0 saturated heterocycles. The molecule has 1 aliphatic rings. The van der Waals surface area contributed by atoms with Crippen molar-refractivity contribution in [2.24, 2.45) is 0 Å². The Morgan fingerprint density at radius 1 is 0.917 bits per heavy atom. The van der Waals surface area contributed by atoms with E-state index in [0.29, 0.717) is 11.1 Å². The first kappa shape index (κ1) is 10.1. The Labute approximate surface area is 112 Å². The first-order chi connectivity index (χ1) is 5.29. The summed E-state index contributed by atoms with van der Waals surface area (Å²) >= 11 is 0. The molecule has 0 aromatic heterocycles. The predicted molar refractivity (Wildman–Crippen MR) is 38.2 cm³/mol. The van der Waals surface area contributed by atoms with Gasteiger partial charge < -0.3 is 0 Å². The molecule has 54 valence electrons. The van der Waals surface area contributed by atoms with E-state index in [1.165, 1.54) is 0 Å². The molecule has 0 fully saturated rings. The Morgan fingerprint density at radius 2 is 1.33 bits per heavy atom. The van der Waals surface area contributed by atoms with Crippen molar-refractivity contribution < 1.29 is 61.0 Å². The zero-order valence-corrected chi connectivity index (χ0v) is 9.75. The molecule has 0 saturated carbocycles. The van der Waals surface area contributed by atoms with Crippen molar-refractivity contribution in [2.45, 2.75) is 0 Å². The minimum absolute atomic E-state index is 0. The molecule has 0 atom stereocenters. The number of carbonyl (C=O) groups is 2. The number of hydrogen-bond acceptors (Lipinski definition) is 2. The van der Waals surface area contributed by atoms with Crippen LogP contribution in [0.1, 0.15) is 20.7 Å². The van der Waals surface area contributed by atoms with Crippen LogP contribution in [0.5, 0.6) is 0 Å². The standard InChI is InChI=1S/C8H5NO2.K/c10-7-5-3-1-2-4-6(5)8(11)9-7;/h1-4H,(H,9,10,11);/q;+1. The molecule has 1 aromatic rings. The second-order valence-electron chi connectivity index (χ2n) is 2.33. The van der Waals surface area contributed by atoms with Crippen molar-refractivity contribution >= 4 is 11.8 Å². The number of amides is 2. The molecule has 2 amide bonds. The van der Waals surface area contributed by atoms with Crippen LogP contribution < -0.4 is 56.7 Å². The molecule has 1 aliphatic heterocycles. The molecule has 3 nitrogen and oxygen atoms in total. The maximum absolute atomic E-state index is 10.9. The van der Waals surface area contributed by atoms with Crippen LogP contribution in [0.25, 0.3) is 0 Å². The smallest absolute Gasteiger partial charge is 0.288 e. The van der Waals surface area contributed by atoms with Crippen molar-refractivity contribution in [1.82, 2.24) is 5.32 Å². The van der Waals surface area contributed by atoms with E-state index in [4.69, 9.17) is 0 Å². The van der Waals surface area contributed by atoms with Crippen LogP contribution in [0.4, 0.5) is 0 Å². The van der Waals surface area contributed by atoms with Gasteiger partial charge in [0.25, 0.3) is 11.8 Å². The maximum Gasteiger partial charge on any atom is 1.00 e. The van der Waals surface area contributed by atoms with Gasteiger partial charge in [0.15, 0.2) is 0 Å². The zero-order valence-electron chi connectivity index (χ0n) is 6.63. The van der Waals surface area contributed by atoms with Crippen LogP contribution >= 0.6 is 0 Å². The Kier molecular flexibility index (Phi) is 3.20. The van der Waals surface area contributed by atoms with E-state index in [1.807, 2.05) is 0 Å². The second-order valence-corrected chi connectivity index (χ2v) is 2.33. The SMILES string of the molecule is O=C1NC(=O)c2ccccc21.[K+]. The summed E-state index contributed by atoms with van der Waals surface area (Å²) in [7, 11) is 0. The second kappa shape index (κ2) is 3.80. The summed E-state index contributed by atoms with van der Waals surface area (Å²) in [6, 6.07) is 6.74. The average molecular weight is 186 g/mol. The van der Waals surface area contributed by atoms with Gasteiger partial charge in [0.05, 0.1) is 11.1 Å². The number of rotatable bonds is 0. The van der Waals surface area contributed by atoms with Crippen molar-refractivity contribution in [3.05, 3.63) is 35.4 Å². The van der Waals surface area contributed by atoms with Crippen molar-refractivity contribution in [1.29, 1.82) is 0 Å². The molecule has 0 bridgehead atoms. The third kappa shape index (κ3) is 1.53. The van der Waals surface area contributed by atoms with Gasteiger partial charge in [0, 0.05) is 0 Å². The molecule has 1 heterocycles. The van der Waals surface area contributed by atoms with Gasteiger partial charge in [0.1, 0.15) is 0 Å². The van der Waals surface area contributed by atoms with Crippen molar-refractivity contribution in [3.63, 3.8) is 0 Å². The number of imide groups is 1. The molecule has 1 N–H and O–H groups in total. The summed E-state index contributed by atoms with van der Waals surface area (Å²) < 4.78 is 0. The number of carbonyl (C=O) groups excluding carboxylic acids is 2.